The number of rotatable bonds is 3. The summed E-state index contributed by atoms with van der Waals surface area (Å²) >= 11 is 0. The van der Waals surface area contributed by atoms with Crippen molar-refractivity contribution in [2.24, 2.45) is 5.73 Å². The first-order chi connectivity index (χ1) is 6.15. The van der Waals surface area contributed by atoms with E-state index in [1.807, 2.05) is 0 Å². The van der Waals surface area contributed by atoms with Crippen molar-refractivity contribution in [1.29, 1.82) is 0 Å². The van der Waals surface area contributed by atoms with Gasteiger partial charge in [-0.15, -0.1) is 0 Å². The lowest BCUT2D eigenvalue weighted by Gasteiger charge is -2.11. The molecular weight excluding hydrogens is 173 g/mol. The molecule has 1 aromatic carbocycles. The van der Waals surface area contributed by atoms with Gasteiger partial charge in [0.2, 0.25) is 0 Å². The molecule has 0 fully saturated rings. The minimum Gasteiger partial charge on any atom is -0.508 e. The van der Waals surface area contributed by atoms with Gasteiger partial charge in [-0.25, -0.2) is 4.39 Å². The minimum atomic E-state index is -0.541. The molecule has 4 N–H and O–H groups in total. The summed E-state index contributed by atoms with van der Waals surface area (Å²) in [5.74, 6) is -0.668. The lowest BCUT2D eigenvalue weighted by Crippen LogP contribution is -2.13. The average molecular weight is 185 g/mol. The van der Waals surface area contributed by atoms with Crippen LogP contribution in [0.25, 0.3) is 0 Å². The molecule has 4 heteroatoms. The maximum absolute atomic E-state index is 13.1. The Bertz CT molecular complexity index is 291. The predicted molar refractivity (Wildman–Crippen MR) is 46.7 cm³/mol. The molecule has 0 heterocycles. The van der Waals surface area contributed by atoms with Gasteiger partial charge in [0, 0.05) is 24.3 Å². The molecule has 0 saturated carbocycles. The molecule has 0 spiro atoms. The maximum atomic E-state index is 13.1. The van der Waals surface area contributed by atoms with Gasteiger partial charge in [-0.3, -0.25) is 0 Å². The Hall–Kier alpha value is -1.13. The number of hydrogen-bond acceptors (Lipinski definition) is 3. The van der Waals surface area contributed by atoms with Gasteiger partial charge in [-0.05, 0) is 12.5 Å². The van der Waals surface area contributed by atoms with E-state index in [1.165, 1.54) is 12.1 Å². The molecule has 1 atom stereocenters. The SMILES string of the molecule is NC(CCO)c1ccc(O)cc1F. The van der Waals surface area contributed by atoms with Crippen molar-refractivity contribution in [3.8, 4) is 5.75 Å². The summed E-state index contributed by atoms with van der Waals surface area (Å²) in [5.41, 5.74) is 5.89. The van der Waals surface area contributed by atoms with E-state index < -0.39 is 11.9 Å². The second-order valence-electron chi connectivity index (χ2n) is 2.82. The Kier molecular flexibility index (Phi) is 3.22. The zero-order valence-electron chi connectivity index (χ0n) is 7.07. The van der Waals surface area contributed by atoms with E-state index in [9.17, 15) is 4.39 Å². The number of aliphatic hydroxyl groups is 1. The fourth-order valence-corrected chi connectivity index (χ4v) is 1.11. The van der Waals surface area contributed by atoms with Gasteiger partial charge >= 0.3 is 0 Å². The van der Waals surface area contributed by atoms with Crippen LogP contribution in [0.1, 0.15) is 18.0 Å². The highest BCUT2D eigenvalue weighted by atomic mass is 19.1. The second-order valence-corrected chi connectivity index (χ2v) is 2.82. The molecule has 0 aromatic heterocycles. The fraction of sp³-hybridized carbons (Fsp3) is 0.333. The molecule has 72 valence electrons. The Morgan fingerprint density at radius 3 is 2.69 bits per heavy atom. The van der Waals surface area contributed by atoms with Gasteiger partial charge in [0.15, 0.2) is 0 Å². The molecule has 0 radical (unpaired) electrons. The van der Waals surface area contributed by atoms with Crippen molar-refractivity contribution in [2.75, 3.05) is 6.61 Å². The number of aliphatic hydroxyl groups excluding tert-OH is 1. The molecule has 13 heavy (non-hydrogen) atoms. The molecule has 0 saturated heterocycles. The van der Waals surface area contributed by atoms with Crippen molar-refractivity contribution in [1.82, 2.24) is 0 Å². The molecule has 0 amide bonds. The van der Waals surface area contributed by atoms with Gasteiger partial charge in [0.05, 0.1) is 0 Å². The van der Waals surface area contributed by atoms with Crippen LogP contribution in [0.2, 0.25) is 0 Å². The highest BCUT2D eigenvalue weighted by Gasteiger charge is 2.10. The highest BCUT2D eigenvalue weighted by molar-refractivity contribution is 5.29. The monoisotopic (exact) mass is 185 g/mol. The number of halogens is 1. The van der Waals surface area contributed by atoms with Crippen LogP contribution < -0.4 is 5.73 Å². The molecule has 3 nitrogen and oxygen atoms in total. The van der Waals surface area contributed by atoms with Gasteiger partial charge in [0.1, 0.15) is 11.6 Å². The van der Waals surface area contributed by atoms with Gasteiger partial charge < -0.3 is 15.9 Å². The zero-order chi connectivity index (χ0) is 9.84. The number of aromatic hydroxyl groups is 1. The van der Waals surface area contributed by atoms with Gasteiger partial charge in [-0.2, -0.15) is 0 Å². The molecule has 1 rings (SSSR count). The topological polar surface area (TPSA) is 66.5 Å². The van der Waals surface area contributed by atoms with Crippen LogP contribution in [0, 0.1) is 5.82 Å². The van der Waals surface area contributed by atoms with Crippen LogP contribution in [-0.4, -0.2) is 16.8 Å². The zero-order valence-corrected chi connectivity index (χ0v) is 7.07. The van der Waals surface area contributed by atoms with Crippen molar-refractivity contribution >= 4 is 0 Å². The smallest absolute Gasteiger partial charge is 0.131 e. The number of benzene rings is 1. The maximum Gasteiger partial charge on any atom is 0.131 e. The Morgan fingerprint density at radius 2 is 2.15 bits per heavy atom. The number of nitrogens with two attached hydrogens (primary N) is 1. The van der Waals surface area contributed by atoms with Gasteiger partial charge in [0.25, 0.3) is 0 Å². The first kappa shape index (κ1) is 9.95. The summed E-state index contributed by atoms with van der Waals surface area (Å²) in [7, 11) is 0. The Morgan fingerprint density at radius 1 is 1.46 bits per heavy atom. The van der Waals surface area contributed by atoms with E-state index in [2.05, 4.69) is 0 Å². The first-order valence-corrected chi connectivity index (χ1v) is 4.00. The van der Waals surface area contributed by atoms with E-state index in [0.717, 1.165) is 6.07 Å². The predicted octanol–water partition coefficient (Wildman–Crippen LogP) is 0.913. The number of hydrogen-bond donors (Lipinski definition) is 3. The third-order valence-electron chi connectivity index (χ3n) is 1.82. The molecular formula is C9H12FNO2. The summed E-state index contributed by atoms with van der Waals surface area (Å²) < 4.78 is 13.1. The minimum absolute atomic E-state index is 0.0819. The highest BCUT2D eigenvalue weighted by Crippen LogP contribution is 2.21. The third-order valence-corrected chi connectivity index (χ3v) is 1.82. The lowest BCUT2D eigenvalue weighted by atomic mass is 10.0. The van der Waals surface area contributed by atoms with Crippen molar-refractivity contribution in [3.63, 3.8) is 0 Å². The fourth-order valence-electron chi connectivity index (χ4n) is 1.11. The number of phenolic OH excluding ortho intramolecular Hbond substituents is 1. The molecule has 0 aliphatic carbocycles. The van der Waals surface area contributed by atoms with Gasteiger partial charge in [-0.1, -0.05) is 6.07 Å². The molecule has 0 bridgehead atoms. The normalized spacial score (nSPS) is 12.8. The summed E-state index contributed by atoms with van der Waals surface area (Å²) in [5, 5.41) is 17.5. The van der Waals surface area contributed by atoms with Crippen LogP contribution in [-0.2, 0) is 0 Å². The van der Waals surface area contributed by atoms with Crippen molar-refractivity contribution in [2.45, 2.75) is 12.5 Å². The molecule has 0 aliphatic heterocycles. The molecule has 0 aliphatic rings. The van der Waals surface area contributed by atoms with Crippen molar-refractivity contribution < 1.29 is 14.6 Å². The third kappa shape index (κ3) is 2.40. The average Bonchev–Trinajstić information content (AvgIpc) is 2.04. The lowest BCUT2D eigenvalue weighted by molar-refractivity contribution is 0.275. The summed E-state index contributed by atoms with van der Waals surface area (Å²) in [4.78, 5) is 0. The standard InChI is InChI=1S/C9H12FNO2/c10-8-5-6(13)1-2-7(8)9(11)3-4-12/h1-2,5,9,12-13H,3-4,11H2. The largest absolute Gasteiger partial charge is 0.508 e. The van der Waals surface area contributed by atoms with E-state index in [-0.39, 0.29) is 12.4 Å². The van der Waals surface area contributed by atoms with E-state index in [4.69, 9.17) is 15.9 Å². The molecule has 1 aromatic rings. The van der Waals surface area contributed by atoms with E-state index >= 15 is 0 Å². The summed E-state index contributed by atoms with van der Waals surface area (Å²) in [6.07, 6.45) is 0.307. The van der Waals surface area contributed by atoms with E-state index in [1.54, 1.807) is 0 Å². The van der Waals surface area contributed by atoms with Crippen molar-refractivity contribution in [3.05, 3.63) is 29.6 Å². The van der Waals surface area contributed by atoms with Crippen LogP contribution in [0.3, 0.4) is 0 Å². The molecule has 1 unspecified atom stereocenters. The Labute approximate surface area is 75.6 Å². The Balaban J connectivity index is 2.88. The second kappa shape index (κ2) is 4.20. The van der Waals surface area contributed by atoms with Crippen LogP contribution in [0.15, 0.2) is 18.2 Å². The van der Waals surface area contributed by atoms with Crippen LogP contribution in [0.4, 0.5) is 4.39 Å². The summed E-state index contributed by atoms with van der Waals surface area (Å²) in [6.45, 7) is -0.0819. The number of phenols is 1. The van der Waals surface area contributed by atoms with Crippen LogP contribution >= 0.6 is 0 Å². The summed E-state index contributed by atoms with van der Waals surface area (Å²) in [6, 6.07) is 3.28. The quantitative estimate of drug-likeness (QED) is 0.655. The van der Waals surface area contributed by atoms with Crippen LogP contribution in [0.5, 0.6) is 5.75 Å². The first-order valence-electron chi connectivity index (χ1n) is 4.00. The van der Waals surface area contributed by atoms with E-state index in [0.29, 0.717) is 12.0 Å².